The maximum Gasteiger partial charge on any atom is 0.316 e. The summed E-state index contributed by atoms with van der Waals surface area (Å²) in [6.07, 6.45) is 0. The highest BCUT2D eigenvalue weighted by atomic mass is 16.5. The fraction of sp³-hybridized carbons (Fsp3) is 0.450. The number of hydrogen-bond donors (Lipinski definition) is 0. The van der Waals surface area contributed by atoms with Gasteiger partial charge in [-0.15, -0.1) is 0 Å². The van der Waals surface area contributed by atoms with Gasteiger partial charge < -0.3 is 4.74 Å². The molecule has 0 radical (unpaired) electrons. The lowest BCUT2D eigenvalue weighted by molar-refractivity contribution is -0.152. The van der Waals surface area contributed by atoms with Crippen LogP contribution in [0.5, 0.6) is 0 Å². The van der Waals surface area contributed by atoms with Gasteiger partial charge in [0.05, 0.1) is 11.0 Å². The van der Waals surface area contributed by atoms with E-state index in [-0.39, 0.29) is 17.9 Å². The molecule has 0 bridgehead atoms. The van der Waals surface area contributed by atoms with E-state index in [0.717, 1.165) is 21.6 Å². The molecular weight excluding hydrogens is 318 g/mol. The molecule has 0 unspecified atom stereocenters. The molecule has 0 spiro atoms. The third-order valence-corrected chi connectivity index (χ3v) is 4.18. The van der Waals surface area contributed by atoms with Gasteiger partial charge in [0.2, 0.25) is 5.76 Å². The second-order valence-corrected chi connectivity index (χ2v) is 7.47. The number of amides is 2. The third kappa shape index (κ3) is 3.36. The van der Waals surface area contributed by atoms with Crippen LogP contribution in [0.2, 0.25) is 0 Å². The number of ether oxygens (including phenoxy) is 1. The molecule has 1 aliphatic rings. The highest BCUT2D eigenvalue weighted by Crippen LogP contribution is 2.35. The summed E-state index contributed by atoms with van der Waals surface area (Å²) in [7, 11) is 0. The molecule has 1 aliphatic heterocycles. The number of nitrogens with zero attached hydrogens (tertiary/aromatic N) is 1. The Morgan fingerprint density at radius 1 is 1.04 bits per heavy atom. The molecule has 2 rings (SSSR count). The van der Waals surface area contributed by atoms with Crippen LogP contribution >= 0.6 is 0 Å². The number of imide groups is 1. The largest absolute Gasteiger partial charge is 0.419 e. The smallest absolute Gasteiger partial charge is 0.316 e. The number of likely N-dealkylation sites (N-methyl/N-ethyl adjacent to an activating group) is 1. The molecule has 0 aliphatic carbocycles. The molecule has 0 saturated carbocycles. The topological polar surface area (TPSA) is 63.7 Å². The van der Waals surface area contributed by atoms with E-state index in [4.69, 9.17) is 4.74 Å². The highest BCUT2D eigenvalue weighted by molar-refractivity contribution is 6.35. The van der Waals surface area contributed by atoms with E-state index in [1.807, 2.05) is 32.9 Å². The second kappa shape index (κ2) is 6.47. The third-order valence-electron chi connectivity index (χ3n) is 4.18. The maximum atomic E-state index is 12.8. The van der Waals surface area contributed by atoms with E-state index in [0.29, 0.717) is 5.56 Å². The Balaban J connectivity index is 2.68. The van der Waals surface area contributed by atoms with E-state index in [1.54, 1.807) is 27.7 Å². The zero-order valence-corrected chi connectivity index (χ0v) is 15.9. The average molecular weight is 343 g/mol. The first-order chi connectivity index (χ1) is 11.5. The Kier molecular flexibility index (Phi) is 4.89. The number of carbonyl (C=O) groups is 3. The summed E-state index contributed by atoms with van der Waals surface area (Å²) in [6, 6.07) is 3.90. The van der Waals surface area contributed by atoms with Crippen molar-refractivity contribution in [3.63, 3.8) is 0 Å². The van der Waals surface area contributed by atoms with Crippen molar-refractivity contribution in [2.45, 2.75) is 48.5 Å². The van der Waals surface area contributed by atoms with Gasteiger partial charge in [-0.2, -0.15) is 0 Å². The van der Waals surface area contributed by atoms with Crippen LogP contribution in [0, 0.1) is 26.2 Å². The lowest BCUT2D eigenvalue weighted by Crippen LogP contribution is -2.32. The van der Waals surface area contributed by atoms with Crippen molar-refractivity contribution in [1.82, 2.24) is 4.90 Å². The predicted octanol–water partition coefficient (Wildman–Crippen LogP) is 3.30. The first kappa shape index (κ1) is 18.9. The number of hydrogen-bond acceptors (Lipinski definition) is 4. The lowest BCUT2D eigenvalue weighted by atomic mass is 9.93. The fourth-order valence-electron chi connectivity index (χ4n) is 2.98. The number of benzene rings is 1. The average Bonchev–Trinajstić information content (AvgIpc) is 2.69. The van der Waals surface area contributed by atoms with Gasteiger partial charge in [0.25, 0.3) is 11.8 Å². The van der Waals surface area contributed by atoms with E-state index < -0.39 is 23.2 Å². The Labute approximate surface area is 148 Å². The standard InChI is InChI=1S/C20H25NO4/c1-8-21-17(22)15(14-12(3)9-11(2)10-13(14)4)16(18(21)23)25-19(24)20(5,6)7/h9-10H,8H2,1-7H3. The van der Waals surface area contributed by atoms with E-state index in [9.17, 15) is 14.4 Å². The van der Waals surface area contributed by atoms with Gasteiger partial charge >= 0.3 is 5.97 Å². The normalized spacial score (nSPS) is 15.2. The number of rotatable bonds is 3. The molecule has 1 aromatic carbocycles. The van der Waals surface area contributed by atoms with Crippen LogP contribution < -0.4 is 0 Å². The fourth-order valence-corrected chi connectivity index (χ4v) is 2.98. The first-order valence-electron chi connectivity index (χ1n) is 8.40. The van der Waals surface area contributed by atoms with Crippen molar-refractivity contribution in [2.75, 3.05) is 6.54 Å². The van der Waals surface area contributed by atoms with Gasteiger partial charge in [0, 0.05) is 6.54 Å². The summed E-state index contributed by atoms with van der Waals surface area (Å²) < 4.78 is 5.43. The maximum absolute atomic E-state index is 12.8. The molecule has 25 heavy (non-hydrogen) atoms. The van der Waals surface area contributed by atoms with Gasteiger partial charge in [0.1, 0.15) is 0 Å². The van der Waals surface area contributed by atoms with Crippen molar-refractivity contribution in [3.8, 4) is 0 Å². The Morgan fingerprint density at radius 2 is 1.56 bits per heavy atom. The zero-order valence-electron chi connectivity index (χ0n) is 15.9. The van der Waals surface area contributed by atoms with E-state index in [2.05, 4.69) is 0 Å². The molecular formula is C20H25NO4. The molecule has 0 aromatic heterocycles. The quantitative estimate of drug-likeness (QED) is 0.624. The van der Waals surface area contributed by atoms with E-state index in [1.165, 1.54) is 0 Å². The van der Waals surface area contributed by atoms with Crippen molar-refractivity contribution >= 4 is 23.4 Å². The summed E-state index contributed by atoms with van der Waals surface area (Å²) in [5.41, 5.74) is 2.87. The van der Waals surface area contributed by atoms with Crippen LogP contribution in [0.15, 0.2) is 17.9 Å². The minimum Gasteiger partial charge on any atom is -0.419 e. The van der Waals surface area contributed by atoms with Crippen LogP contribution in [-0.2, 0) is 19.1 Å². The minimum absolute atomic E-state index is 0.165. The van der Waals surface area contributed by atoms with Crippen LogP contribution in [0.25, 0.3) is 5.57 Å². The summed E-state index contributed by atoms with van der Waals surface area (Å²) in [5, 5.41) is 0. The summed E-state index contributed by atoms with van der Waals surface area (Å²) in [4.78, 5) is 38.9. The molecule has 1 aromatic rings. The van der Waals surface area contributed by atoms with Gasteiger partial charge in [-0.25, -0.2) is 0 Å². The van der Waals surface area contributed by atoms with E-state index >= 15 is 0 Å². The van der Waals surface area contributed by atoms with Crippen molar-refractivity contribution in [1.29, 1.82) is 0 Å². The number of carbonyl (C=O) groups excluding carboxylic acids is 3. The van der Waals surface area contributed by atoms with Crippen molar-refractivity contribution in [2.24, 2.45) is 5.41 Å². The van der Waals surface area contributed by atoms with Gasteiger partial charge in [-0.05, 0) is 65.2 Å². The predicted molar refractivity (Wildman–Crippen MR) is 95.5 cm³/mol. The molecule has 0 saturated heterocycles. The Morgan fingerprint density at radius 3 is 2.00 bits per heavy atom. The van der Waals surface area contributed by atoms with Crippen molar-refractivity contribution < 1.29 is 19.1 Å². The van der Waals surface area contributed by atoms with Crippen LogP contribution in [0.1, 0.15) is 49.9 Å². The molecule has 2 amide bonds. The molecule has 0 fully saturated rings. The molecule has 1 heterocycles. The lowest BCUT2D eigenvalue weighted by Gasteiger charge is -2.17. The zero-order chi connectivity index (χ0) is 19.1. The molecule has 5 nitrogen and oxygen atoms in total. The monoisotopic (exact) mass is 343 g/mol. The minimum atomic E-state index is -0.779. The Hall–Kier alpha value is -2.43. The summed E-state index contributed by atoms with van der Waals surface area (Å²) in [6.45, 7) is 12.8. The SMILES string of the molecule is CCN1C(=O)C(OC(=O)C(C)(C)C)=C(c2c(C)cc(C)cc2C)C1=O. The molecule has 5 heteroatoms. The summed E-state index contributed by atoms with van der Waals surface area (Å²) >= 11 is 0. The van der Waals surface area contributed by atoms with Gasteiger partial charge in [0.15, 0.2) is 0 Å². The number of aryl methyl sites for hydroxylation is 3. The van der Waals surface area contributed by atoms with Gasteiger partial charge in [-0.3, -0.25) is 19.3 Å². The molecule has 0 atom stereocenters. The van der Waals surface area contributed by atoms with Crippen LogP contribution in [0.4, 0.5) is 0 Å². The van der Waals surface area contributed by atoms with Crippen LogP contribution in [0.3, 0.4) is 0 Å². The Bertz CT molecular complexity index is 773. The van der Waals surface area contributed by atoms with Crippen molar-refractivity contribution in [3.05, 3.63) is 40.1 Å². The second-order valence-electron chi connectivity index (χ2n) is 7.47. The van der Waals surface area contributed by atoms with Crippen LogP contribution in [-0.4, -0.2) is 29.2 Å². The molecule has 134 valence electrons. The number of esters is 1. The first-order valence-corrected chi connectivity index (χ1v) is 8.40. The molecule has 0 N–H and O–H groups in total. The summed E-state index contributed by atoms with van der Waals surface area (Å²) in [5.74, 6) is -1.68. The highest BCUT2D eigenvalue weighted by Gasteiger charge is 2.42. The van der Waals surface area contributed by atoms with Gasteiger partial charge in [-0.1, -0.05) is 17.7 Å².